The van der Waals surface area contributed by atoms with Gasteiger partial charge in [0.2, 0.25) is 34.6 Å². The van der Waals surface area contributed by atoms with Gasteiger partial charge in [-0.3, -0.25) is 33.7 Å². The summed E-state index contributed by atoms with van der Waals surface area (Å²) in [5, 5.41) is 24.3. The number of carbonyl (C=O) groups excluding carboxylic acids is 7. The highest BCUT2D eigenvalue weighted by atomic mass is 32.2. The van der Waals surface area contributed by atoms with Crippen LogP contribution in [0.25, 0.3) is 0 Å². The van der Waals surface area contributed by atoms with E-state index in [1.54, 1.807) is 44.3 Å². The van der Waals surface area contributed by atoms with Gasteiger partial charge in [0.05, 0.1) is 69.5 Å². The number of aryl methyl sites for hydroxylation is 1. The van der Waals surface area contributed by atoms with Gasteiger partial charge in [-0.1, -0.05) is 38.8 Å². The summed E-state index contributed by atoms with van der Waals surface area (Å²) in [7, 11) is -4.43. The van der Waals surface area contributed by atoms with Gasteiger partial charge in [-0.05, 0) is 101 Å². The standard InChI is InChI=1S/C53H65F4N11O13S2/c1-33(2)47(61-44(70)18-21-78-23-25-80-27-28-81-26-24-79-22-19-58-43(69)17-20-68-45(71)15-16-46(68)72)51(75)59-34(3)49(73)60-38-11-9-35(10-12-38)31-67-32-37(36-7-5-6-8-36)29-41(54)48(67)62-50(74)40-30-39(83(76,77)53(55,56)57)13-14-42(40)82-52-63-64-65-66(52)4/h9-16,29-30,32-34,36,47H,5-8,17-28,31H2,1-4H3,(H4,58,59,60,61,69,70,73,75)/p+1/t34-,47-/m0/s1. The van der Waals surface area contributed by atoms with E-state index in [0.717, 1.165) is 60.6 Å². The fourth-order valence-electron chi connectivity index (χ4n) is 8.46. The number of carbonyl (C=O) groups is 7. The molecule has 30 heteroatoms. The Morgan fingerprint density at radius 3 is 2.02 bits per heavy atom. The van der Waals surface area contributed by atoms with Gasteiger partial charge in [0, 0.05) is 55.7 Å². The van der Waals surface area contributed by atoms with Crippen molar-refractivity contribution < 1.29 is 83.1 Å². The summed E-state index contributed by atoms with van der Waals surface area (Å²) in [6, 6.07) is 7.93. The van der Waals surface area contributed by atoms with E-state index in [2.05, 4.69) is 42.1 Å². The fourth-order valence-corrected chi connectivity index (χ4v) is 10.1. The molecule has 7 amide bonds. The smallest absolute Gasteiger partial charge is 0.379 e. The highest BCUT2D eigenvalue weighted by Gasteiger charge is 2.47. The van der Waals surface area contributed by atoms with E-state index in [1.807, 2.05) is 0 Å². The Kier molecular flexibility index (Phi) is 24.1. The summed E-state index contributed by atoms with van der Waals surface area (Å²) in [6.45, 7) is 7.04. The number of nitrogens with zero attached hydrogens (tertiary/aromatic N) is 6. The van der Waals surface area contributed by atoms with Gasteiger partial charge in [-0.2, -0.15) is 17.6 Å². The van der Waals surface area contributed by atoms with Crippen molar-refractivity contribution in [1.82, 2.24) is 41.1 Å². The molecule has 0 radical (unpaired) electrons. The first-order valence-electron chi connectivity index (χ1n) is 26.5. The number of imide groups is 1. The van der Waals surface area contributed by atoms with Crippen LogP contribution in [0.4, 0.5) is 29.1 Å². The first-order chi connectivity index (χ1) is 39.5. The number of benzene rings is 2. The number of ether oxygens (including phenoxy) is 4. The van der Waals surface area contributed by atoms with Crippen molar-refractivity contribution in [1.29, 1.82) is 0 Å². The minimum absolute atomic E-state index is 0.00372. The minimum atomic E-state index is -5.90. The zero-order valence-electron chi connectivity index (χ0n) is 46.0. The molecule has 0 unspecified atom stereocenters. The van der Waals surface area contributed by atoms with Crippen LogP contribution in [0.15, 0.2) is 81.8 Å². The number of pyridine rings is 1. The molecule has 1 aliphatic carbocycles. The highest BCUT2D eigenvalue weighted by Crippen LogP contribution is 2.37. The maximum absolute atomic E-state index is 16.3. The van der Waals surface area contributed by atoms with E-state index in [-0.39, 0.29) is 106 Å². The minimum Gasteiger partial charge on any atom is -0.379 e. The SMILES string of the molecule is CC(C)[C@H](NC(=O)CCOCCOCCOCCOCCNC(=O)CCN1C(=O)C=CC1=O)C(=O)N[C@@H](C)C(=O)Nc1ccc(C[n+]2cc(C3CCCC3)cc(F)c2NC(=O)c2cc(S(=O)(=O)C(F)(F)F)ccc2Sc2nnnn2C)cc1. The molecule has 1 aliphatic heterocycles. The van der Waals surface area contributed by atoms with Gasteiger partial charge in [0.25, 0.3) is 21.7 Å². The number of nitrogens with one attached hydrogen (secondary N) is 5. The predicted octanol–water partition coefficient (Wildman–Crippen LogP) is 3.51. The summed E-state index contributed by atoms with van der Waals surface area (Å²) in [5.74, 6) is -5.51. The molecule has 1 fully saturated rings. The molecule has 2 aromatic carbocycles. The highest BCUT2D eigenvalue weighted by molar-refractivity contribution is 7.99. The van der Waals surface area contributed by atoms with Crippen LogP contribution in [0.3, 0.4) is 0 Å². The number of hydrogen-bond acceptors (Lipinski definition) is 17. The van der Waals surface area contributed by atoms with Crippen molar-refractivity contribution >= 4 is 74.5 Å². The average Bonchev–Trinajstić information content (AvgIpc) is 4.43. The molecule has 83 heavy (non-hydrogen) atoms. The third-order valence-electron chi connectivity index (χ3n) is 13.0. The van der Waals surface area contributed by atoms with Crippen LogP contribution in [-0.4, -0.2) is 158 Å². The molecule has 2 atom stereocenters. The second-order valence-electron chi connectivity index (χ2n) is 19.5. The molecule has 3 heterocycles. The number of hydrogen-bond donors (Lipinski definition) is 5. The number of tetrazole rings is 1. The Balaban J connectivity index is 0.928. The lowest BCUT2D eigenvalue weighted by Gasteiger charge is -2.24. The van der Waals surface area contributed by atoms with Crippen LogP contribution < -0.4 is 31.2 Å². The number of rotatable bonds is 32. The Morgan fingerprint density at radius 2 is 1.42 bits per heavy atom. The molecule has 0 bridgehead atoms. The van der Waals surface area contributed by atoms with E-state index < -0.39 is 79.1 Å². The van der Waals surface area contributed by atoms with E-state index in [4.69, 9.17) is 18.9 Å². The third-order valence-corrected chi connectivity index (χ3v) is 15.6. The van der Waals surface area contributed by atoms with Gasteiger partial charge in [0.15, 0.2) is 0 Å². The van der Waals surface area contributed by atoms with Crippen molar-refractivity contribution in [3.05, 3.63) is 89.4 Å². The summed E-state index contributed by atoms with van der Waals surface area (Å²) in [4.78, 5) is 88.3. The molecule has 1 saturated carbocycles. The molecule has 6 rings (SSSR count). The number of sulfone groups is 1. The molecule has 0 saturated heterocycles. The zero-order chi connectivity index (χ0) is 60.3. The second kappa shape index (κ2) is 30.9. The summed E-state index contributed by atoms with van der Waals surface area (Å²) < 4.78 is 107. The van der Waals surface area contributed by atoms with Crippen LogP contribution in [-0.2, 0) is 71.1 Å². The molecule has 2 aliphatic rings. The number of alkyl halides is 3. The van der Waals surface area contributed by atoms with E-state index in [9.17, 15) is 55.2 Å². The Labute approximate surface area is 480 Å². The average molecular weight is 1210 g/mol. The molecule has 4 aromatic rings. The van der Waals surface area contributed by atoms with E-state index in [1.165, 1.54) is 29.3 Å². The van der Waals surface area contributed by atoms with Crippen molar-refractivity contribution in [2.75, 3.05) is 76.6 Å². The normalized spacial score (nSPS) is 14.5. The monoisotopic (exact) mass is 1200 g/mol. The van der Waals surface area contributed by atoms with Crippen LogP contribution in [0.1, 0.15) is 86.7 Å². The fraction of sp³-hybridized carbons (Fsp3) is 0.491. The second-order valence-corrected chi connectivity index (χ2v) is 22.4. The van der Waals surface area contributed by atoms with Gasteiger partial charge < -0.3 is 40.2 Å². The van der Waals surface area contributed by atoms with Crippen molar-refractivity contribution in [2.24, 2.45) is 13.0 Å². The first kappa shape index (κ1) is 64.9. The largest absolute Gasteiger partial charge is 0.501 e. The number of anilines is 2. The van der Waals surface area contributed by atoms with Crippen LogP contribution in [0, 0.1) is 11.7 Å². The van der Waals surface area contributed by atoms with Crippen molar-refractivity contribution in [3.8, 4) is 0 Å². The van der Waals surface area contributed by atoms with Crippen LogP contribution in [0.2, 0.25) is 0 Å². The Bertz CT molecular complexity index is 3070. The van der Waals surface area contributed by atoms with E-state index in [0.29, 0.717) is 42.2 Å². The van der Waals surface area contributed by atoms with Gasteiger partial charge in [-0.15, -0.1) is 5.10 Å². The molecule has 5 N–H and O–H groups in total. The molecular formula is C53H66F4N11O13S2+. The lowest BCUT2D eigenvalue weighted by Crippen LogP contribution is -2.53. The number of halogens is 4. The summed E-state index contributed by atoms with van der Waals surface area (Å²) >= 11 is 0.767. The first-order valence-corrected chi connectivity index (χ1v) is 28.8. The summed E-state index contributed by atoms with van der Waals surface area (Å²) in [6.07, 6.45) is 7.38. The Morgan fingerprint density at radius 1 is 0.795 bits per heavy atom. The quantitative estimate of drug-likeness (QED) is 0.0202. The van der Waals surface area contributed by atoms with Gasteiger partial charge >= 0.3 is 17.2 Å². The molecular weight excluding hydrogens is 1140 g/mol. The maximum atomic E-state index is 16.3. The van der Waals surface area contributed by atoms with Gasteiger partial charge in [-0.25, -0.2) is 27.8 Å². The lowest BCUT2D eigenvalue weighted by molar-refractivity contribution is -0.675. The van der Waals surface area contributed by atoms with Crippen LogP contribution >= 0.6 is 11.8 Å². The Hall–Kier alpha value is -7.25. The predicted molar refractivity (Wildman–Crippen MR) is 288 cm³/mol. The topological polar surface area (TPSA) is 301 Å². The number of aromatic nitrogens is 5. The molecule has 24 nitrogen and oxygen atoms in total. The zero-order valence-corrected chi connectivity index (χ0v) is 47.6. The molecule has 2 aromatic heterocycles. The number of amides is 7. The van der Waals surface area contributed by atoms with Gasteiger partial charge in [0.1, 0.15) is 18.6 Å². The van der Waals surface area contributed by atoms with Crippen LogP contribution in [0.5, 0.6) is 0 Å². The summed E-state index contributed by atoms with van der Waals surface area (Å²) in [5.41, 5.74) is -4.66. The van der Waals surface area contributed by atoms with Crippen molar-refractivity contribution in [2.45, 2.75) is 104 Å². The third kappa shape index (κ3) is 19.1. The molecule has 0 spiro atoms. The van der Waals surface area contributed by atoms with E-state index >= 15 is 4.39 Å². The van der Waals surface area contributed by atoms with Crippen molar-refractivity contribution in [3.63, 3.8) is 0 Å². The maximum Gasteiger partial charge on any atom is 0.501 e. The lowest BCUT2D eigenvalue weighted by atomic mass is 9.99. The molecule has 450 valence electrons.